The van der Waals surface area contributed by atoms with Gasteiger partial charge in [-0.05, 0) is 37.2 Å². The molecule has 2 N–H and O–H groups in total. The second-order valence-electron chi connectivity index (χ2n) is 6.74. The van der Waals surface area contributed by atoms with E-state index in [-0.39, 0.29) is 24.4 Å². The first-order chi connectivity index (χ1) is 12.1. The number of amides is 1. The smallest absolute Gasteiger partial charge is 0.291 e. The molecule has 1 aliphatic rings. The molecule has 1 aliphatic carbocycles. The maximum atomic E-state index is 12.4. The van der Waals surface area contributed by atoms with Crippen LogP contribution in [0.5, 0.6) is 0 Å². The molecular formula is C17H21N5O2S. The topological polar surface area (TPSA) is 92.4 Å². The number of hydrogen-bond acceptors (Lipinski definition) is 6. The minimum Gasteiger partial charge on any atom is -0.394 e. The molecule has 0 aliphatic heterocycles. The highest BCUT2D eigenvalue weighted by Crippen LogP contribution is 2.38. The lowest BCUT2D eigenvalue weighted by Gasteiger charge is -2.17. The van der Waals surface area contributed by atoms with E-state index in [1.54, 1.807) is 22.2 Å². The number of aliphatic hydroxyl groups excluding tert-OH is 1. The van der Waals surface area contributed by atoms with Gasteiger partial charge in [0.1, 0.15) is 11.2 Å². The Labute approximate surface area is 149 Å². The summed E-state index contributed by atoms with van der Waals surface area (Å²) in [5.74, 6) is 0.395. The molecule has 7 nitrogen and oxygen atoms in total. The zero-order valence-electron chi connectivity index (χ0n) is 14.3. The molecule has 0 bridgehead atoms. The summed E-state index contributed by atoms with van der Waals surface area (Å²) in [5.41, 5.74) is 2.01. The monoisotopic (exact) mass is 359 g/mol. The summed E-state index contributed by atoms with van der Waals surface area (Å²) >= 11 is 1.73. The maximum Gasteiger partial charge on any atom is 0.291 e. The predicted molar refractivity (Wildman–Crippen MR) is 96.0 cm³/mol. The quantitative estimate of drug-likeness (QED) is 0.743. The van der Waals surface area contributed by atoms with Crippen LogP contribution in [-0.4, -0.2) is 43.2 Å². The zero-order chi connectivity index (χ0) is 17.6. The molecule has 25 heavy (non-hydrogen) atoms. The molecule has 1 amide bonds. The average Bonchev–Trinajstić information content (AvgIpc) is 3.19. The Morgan fingerprint density at radius 2 is 2.40 bits per heavy atom. The molecule has 4 rings (SSSR count). The molecule has 3 aromatic rings. The van der Waals surface area contributed by atoms with Gasteiger partial charge < -0.3 is 10.4 Å². The molecule has 132 valence electrons. The first-order valence-electron chi connectivity index (χ1n) is 8.68. The third-order valence-corrected chi connectivity index (χ3v) is 6.08. The van der Waals surface area contributed by atoms with Crippen molar-refractivity contribution in [1.29, 1.82) is 0 Å². The number of carbonyl (C=O) groups excluding carboxylic acids is 1. The van der Waals surface area contributed by atoms with Crippen molar-refractivity contribution in [3.8, 4) is 0 Å². The van der Waals surface area contributed by atoms with E-state index in [9.17, 15) is 9.90 Å². The fraction of sp³-hybridized carbons (Fsp3) is 0.529. The van der Waals surface area contributed by atoms with Gasteiger partial charge in [0.05, 0.1) is 18.0 Å². The van der Waals surface area contributed by atoms with Crippen molar-refractivity contribution < 1.29 is 9.90 Å². The number of aromatic nitrogens is 4. The summed E-state index contributed by atoms with van der Waals surface area (Å²) < 4.78 is 1.59. The van der Waals surface area contributed by atoms with Crippen molar-refractivity contribution in [3.63, 3.8) is 0 Å². The van der Waals surface area contributed by atoms with Crippen LogP contribution in [0, 0.1) is 5.92 Å². The summed E-state index contributed by atoms with van der Waals surface area (Å²) in [5, 5.41) is 17.3. The van der Waals surface area contributed by atoms with E-state index in [1.165, 1.54) is 16.9 Å². The van der Waals surface area contributed by atoms with Gasteiger partial charge in [0.15, 0.2) is 5.65 Å². The summed E-state index contributed by atoms with van der Waals surface area (Å²) in [6.45, 7) is 4.07. The number of thiophene rings is 1. The number of carbonyl (C=O) groups is 1. The lowest BCUT2D eigenvalue weighted by atomic mass is 9.89. The van der Waals surface area contributed by atoms with Gasteiger partial charge in [-0.3, -0.25) is 4.79 Å². The first-order valence-corrected chi connectivity index (χ1v) is 9.49. The SMILES string of the molecule is CC[C@@H](CO)NC(=O)c1nc2c3c4c(sc3ncn2n1)CC[C@H](C)C4. The van der Waals surface area contributed by atoms with E-state index >= 15 is 0 Å². The van der Waals surface area contributed by atoms with Crippen molar-refractivity contribution in [3.05, 3.63) is 22.6 Å². The number of hydrogen-bond donors (Lipinski definition) is 2. The first kappa shape index (κ1) is 16.4. The molecule has 0 aromatic carbocycles. The minimum atomic E-state index is -0.366. The molecule has 3 heterocycles. The minimum absolute atomic E-state index is 0.0999. The van der Waals surface area contributed by atoms with Gasteiger partial charge in [-0.25, -0.2) is 14.5 Å². The van der Waals surface area contributed by atoms with Crippen LogP contribution in [0.15, 0.2) is 6.33 Å². The third kappa shape index (κ3) is 2.79. The molecule has 0 fully saturated rings. The van der Waals surface area contributed by atoms with E-state index in [4.69, 9.17) is 0 Å². The molecule has 3 aromatic heterocycles. The van der Waals surface area contributed by atoms with Gasteiger partial charge >= 0.3 is 0 Å². The fourth-order valence-electron chi connectivity index (χ4n) is 3.37. The Hall–Kier alpha value is -2.06. The van der Waals surface area contributed by atoms with E-state index in [0.29, 0.717) is 18.0 Å². The Morgan fingerprint density at radius 3 is 3.16 bits per heavy atom. The van der Waals surface area contributed by atoms with Gasteiger partial charge in [-0.2, -0.15) is 0 Å². The highest BCUT2D eigenvalue weighted by Gasteiger charge is 2.25. The summed E-state index contributed by atoms with van der Waals surface area (Å²) in [7, 11) is 0. The van der Waals surface area contributed by atoms with E-state index in [0.717, 1.165) is 23.1 Å². The second-order valence-corrected chi connectivity index (χ2v) is 7.82. The number of rotatable bonds is 4. The predicted octanol–water partition coefficient (Wildman–Crippen LogP) is 1.96. The Bertz CT molecular complexity index is 943. The molecule has 8 heteroatoms. The van der Waals surface area contributed by atoms with E-state index in [2.05, 4.69) is 27.3 Å². The molecule has 0 saturated heterocycles. The summed E-state index contributed by atoms with van der Waals surface area (Å²) in [4.78, 5) is 23.7. The molecule has 0 saturated carbocycles. The van der Waals surface area contributed by atoms with Crippen molar-refractivity contribution in [2.75, 3.05) is 6.61 Å². The second kappa shape index (κ2) is 6.34. The average molecular weight is 359 g/mol. The van der Waals surface area contributed by atoms with Crippen LogP contribution >= 0.6 is 11.3 Å². The highest BCUT2D eigenvalue weighted by atomic mass is 32.1. The molecule has 2 atom stereocenters. The summed E-state index contributed by atoms with van der Waals surface area (Å²) in [6.07, 6.45) is 5.58. The number of aliphatic hydroxyl groups is 1. The third-order valence-electron chi connectivity index (χ3n) is 4.88. The maximum absolute atomic E-state index is 12.4. The van der Waals surface area contributed by atoms with Crippen LogP contribution in [0.3, 0.4) is 0 Å². The van der Waals surface area contributed by atoms with Crippen molar-refractivity contribution in [2.45, 2.75) is 45.6 Å². The van der Waals surface area contributed by atoms with Crippen LogP contribution in [0.2, 0.25) is 0 Å². The largest absolute Gasteiger partial charge is 0.394 e. The lowest BCUT2D eigenvalue weighted by Crippen LogP contribution is -2.37. The summed E-state index contributed by atoms with van der Waals surface area (Å²) in [6, 6.07) is -0.285. The van der Waals surface area contributed by atoms with Crippen LogP contribution in [-0.2, 0) is 12.8 Å². The molecule has 0 unspecified atom stereocenters. The molecule has 0 spiro atoms. The number of nitrogens with zero attached hydrogens (tertiary/aromatic N) is 4. The normalized spacial score (nSPS) is 18.4. The van der Waals surface area contributed by atoms with Crippen molar-refractivity contribution in [2.24, 2.45) is 5.92 Å². The van der Waals surface area contributed by atoms with Crippen LogP contribution < -0.4 is 5.32 Å². The van der Waals surface area contributed by atoms with Gasteiger partial charge in [-0.15, -0.1) is 16.4 Å². The molecule has 0 radical (unpaired) electrons. The lowest BCUT2D eigenvalue weighted by molar-refractivity contribution is 0.0904. The Morgan fingerprint density at radius 1 is 1.56 bits per heavy atom. The Balaban J connectivity index is 1.79. The van der Waals surface area contributed by atoms with Crippen LogP contribution in [0.25, 0.3) is 15.9 Å². The standard InChI is InChI=1S/C17H21N5O2S/c1-3-10(7-23)19-16(24)14-20-15-13-11-6-9(2)4-5-12(11)25-17(13)18-8-22(15)21-14/h8-10,23H,3-7H2,1-2H3,(H,19,24)/t9-,10-/m0/s1. The van der Waals surface area contributed by atoms with E-state index < -0.39 is 0 Å². The molecular weight excluding hydrogens is 338 g/mol. The van der Waals surface area contributed by atoms with Crippen molar-refractivity contribution in [1.82, 2.24) is 24.9 Å². The number of fused-ring (bicyclic) bond motifs is 5. The van der Waals surface area contributed by atoms with Crippen molar-refractivity contribution >= 4 is 33.1 Å². The van der Waals surface area contributed by atoms with E-state index in [1.807, 2.05) is 6.92 Å². The highest BCUT2D eigenvalue weighted by molar-refractivity contribution is 7.19. The van der Waals surface area contributed by atoms with Gasteiger partial charge in [0.25, 0.3) is 5.91 Å². The Kier molecular flexibility index (Phi) is 4.16. The van der Waals surface area contributed by atoms with Crippen LogP contribution in [0.1, 0.15) is 47.7 Å². The number of nitrogens with one attached hydrogen (secondary N) is 1. The number of aryl methyl sites for hydroxylation is 1. The zero-order valence-corrected chi connectivity index (χ0v) is 15.1. The van der Waals surface area contributed by atoms with Crippen LogP contribution in [0.4, 0.5) is 0 Å². The van der Waals surface area contributed by atoms with Gasteiger partial charge in [-0.1, -0.05) is 13.8 Å². The fourth-order valence-corrected chi connectivity index (χ4v) is 4.55. The van der Waals surface area contributed by atoms with Gasteiger partial charge in [0, 0.05) is 4.88 Å². The van der Waals surface area contributed by atoms with Gasteiger partial charge in [0.2, 0.25) is 5.82 Å².